The Labute approximate surface area is 121 Å². The molecule has 0 spiro atoms. The lowest BCUT2D eigenvalue weighted by Gasteiger charge is -2.11. The average Bonchev–Trinajstić information content (AvgIpc) is 2.90. The molecule has 20 heavy (non-hydrogen) atoms. The molecular weight excluding hydrogens is 272 g/mol. The highest BCUT2D eigenvalue weighted by atomic mass is 32.1. The number of carbonyl (C=O) groups is 1. The minimum absolute atomic E-state index is 0.00762. The van der Waals surface area contributed by atoms with Crippen molar-refractivity contribution >= 4 is 17.2 Å². The van der Waals surface area contributed by atoms with Crippen LogP contribution in [0.4, 0.5) is 0 Å². The Kier molecular flexibility index (Phi) is 3.75. The van der Waals surface area contributed by atoms with E-state index in [1.807, 2.05) is 12.3 Å². The van der Waals surface area contributed by atoms with E-state index in [0.717, 1.165) is 36.5 Å². The summed E-state index contributed by atoms with van der Waals surface area (Å²) < 4.78 is 0. The first-order valence-corrected chi connectivity index (χ1v) is 7.58. The highest BCUT2D eigenvalue weighted by molar-refractivity contribution is 7.10. The van der Waals surface area contributed by atoms with Crippen molar-refractivity contribution in [2.45, 2.75) is 26.4 Å². The summed E-state index contributed by atoms with van der Waals surface area (Å²) in [6.45, 7) is 4.37. The molecule has 5 nitrogen and oxygen atoms in total. The maximum Gasteiger partial charge on any atom is 0.252 e. The van der Waals surface area contributed by atoms with Crippen molar-refractivity contribution in [3.8, 4) is 0 Å². The van der Waals surface area contributed by atoms with Gasteiger partial charge in [0.2, 0.25) is 0 Å². The van der Waals surface area contributed by atoms with Crippen molar-refractivity contribution in [3.63, 3.8) is 0 Å². The Hall–Kier alpha value is -1.79. The zero-order valence-corrected chi connectivity index (χ0v) is 12.2. The van der Waals surface area contributed by atoms with Crippen molar-refractivity contribution in [2.24, 2.45) is 0 Å². The molecule has 3 N–H and O–H groups in total. The first-order valence-electron chi connectivity index (χ1n) is 6.70. The van der Waals surface area contributed by atoms with Crippen LogP contribution < -0.4 is 10.6 Å². The molecule has 0 radical (unpaired) electrons. The summed E-state index contributed by atoms with van der Waals surface area (Å²) in [4.78, 5) is 22.0. The topological polar surface area (TPSA) is 71.5 Å². The van der Waals surface area contributed by atoms with Crippen LogP contribution >= 0.6 is 11.3 Å². The number of amides is 1. The first-order chi connectivity index (χ1) is 9.74. The number of nitrogens with one attached hydrogen (secondary N) is 1. The maximum absolute atomic E-state index is 12.3. The van der Waals surface area contributed by atoms with Gasteiger partial charge in [-0.1, -0.05) is 0 Å². The quantitative estimate of drug-likeness (QED) is 0.859. The zero-order valence-electron chi connectivity index (χ0n) is 11.3. The number of hydrogen-bond donors (Lipinski definition) is 2. The molecule has 2 aromatic heterocycles. The van der Waals surface area contributed by atoms with Crippen LogP contribution in [-0.2, 0) is 19.5 Å². The molecule has 0 bridgehead atoms. The van der Waals surface area contributed by atoms with Gasteiger partial charge in [0.25, 0.3) is 5.91 Å². The molecule has 0 atom stereocenters. The van der Waals surface area contributed by atoms with Gasteiger partial charge in [0.1, 0.15) is 6.54 Å². The second-order valence-electron chi connectivity index (χ2n) is 4.91. The number of nitrogens with two attached hydrogens (primary N) is 1. The van der Waals surface area contributed by atoms with Crippen molar-refractivity contribution in [1.82, 2.24) is 15.3 Å². The third-order valence-electron chi connectivity index (χ3n) is 3.42. The molecule has 0 aliphatic carbocycles. The summed E-state index contributed by atoms with van der Waals surface area (Å²) in [5.41, 5.74) is 3.72. The van der Waals surface area contributed by atoms with Crippen molar-refractivity contribution < 1.29 is 10.1 Å². The van der Waals surface area contributed by atoms with E-state index in [-0.39, 0.29) is 5.91 Å². The van der Waals surface area contributed by atoms with Gasteiger partial charge in [0.15, 0.2) is 0 Å². The Bertz CT molecular complexity index is 621. The molecule has 0 unspecified atom stereocenters. The standard InChI is InChI=1S/C14H16N4OS/c1-9-4-17-10(5-16-9)6-18-14(19)12-8-20-13-7-15-3-2-11(12)13/h4-5,8,15H,2-3,6-7H2,1H3,(H,18,19)/p+1. The predicted octanol–water partition coefficient (Wildman–Crippen LogP) is 0.396. The highest BCUT2D eigenvalue weighted by Crippen LogP contribution is 2.23. The van der Waals surface area contributed by atoms with E-state index in [0.29, 0.717) is 6.54 Å². The average molecular weight is 289 g/mol. The van der Waals surface area contributed by atoms with Crippen LogP contribution in [-0.4, -0.2) is 22.4 Å². The molecule has 0 aromatic carbocycles. The van der Waals surface area contributed by atoms with Gasteiger partial charge in [0, 0.05) is 18.0 Å². The predicted molar refractivity (Wildman–Crippen MR) is 76.5 cm³/mol. The van der Waals surface area contributed by atoms with Crippen LogP contribution in [0.2, 0.25) is 0 Å². The van der Waals surface area contributed by atoms with Crippen LogP contribution in [0, 0.1) is 6.92 Å². The SMILES string of the molecule is Cc1cnc(CNC(=O)c2csc3c2CC[NH2+]C3)cn1. The summed E-state index contributed by atoms with van der Waals surface area (Å²) in [7, 11) is 0. The van der Waals surface area contributed by atoms with Crippen molar-refractivity contribution in [3.05, 3.63) is 45.2 Å². The van der Waals surface area contributed by atoms with Gasteiger partial charge in [-0.3, -0.25) is 14.8 Å². The number of thiophene rings is 1. The summed E-state index contributed by atoms with van der Waals surface area (Å²) in [5, 5.41) is 7.18. The van der Waals surface area contributed by atoms with Crippen molar-refractivity contribution in [1.29, 1.82) is 0 Å². The molecular formula is C14H17N4OS+. The maximum atomic E-state index is 12.3. The number of aryl methyl sites for hydroxylation is 1. The van der Waals surface area contributed by atoms with E-state index in [1.165, 1.54) is 10.4 Å². The summed E-state index contributed by atoms with van der Waals surface area (Å²) in [6, 6.07) is 0. The van der Waals surface area contributed by atoms with Crippen LogP contribution in [0.3, 0.4) is 0 Å². The lowest BCUT2D eigenvalue weighted by molar-refractivity contribution is -0.672. The van der Waals surface area contributed by atoms with Gasteiger partial charge in [-0.05, 0) is 12.5 Å². The Morgan fingerprint density at radius 2 is 2.35 bits per heavy atom. The van der Waals surface area contributed by atoms with Crippen LogP contribution in [0.1, 0.15) is 32.2 Å². The molecule has 6 heteroatoms. The number of fused-ring (bicyclic) bond motifs is 1. The number of carbonyl (C=O) groups excluding carboxylic acids is 1. The number of aromatic nitrogens is 2. The van der Waals surface area contributed by atoms with Crippen LogP contribution in [0.5, 0.6) is 0 Å². The highest BCUT2D eigenvalue weighted by Gasteiger charge is 2.21. The van der Waals surface area contributed by atoms with Crippen LogP contribution in [0.15, 0.2) is 17.8 Å². The first kappa shape index (κ1) is 13.2. The smallest absolute Gasteiger partial charge is 0.252 e. The van der Waals surface area contributed by atoms with Gasteiger partial charge < -0.3 is 10.6 Å². The van der Waals surface area contributed by atoms with Crippen molar-refractivity contribution in [2.75, 3.05) is 6.54 Å². The molecule has 0 saturated carbocycles. The molecule has 1 amide bonds. The van der Waals surface area contributed by atoms with E-state index in [2.05, 4.69) is 20.6 Å². The molecule has 3 rings (SSSR count). The third kappa shape index (κ3) is 2.71. The fourth-order valence-electron chi connectivity index (χ4n) is 2.31. The molecule has 0 fully saturated rings. The number of hydrogen-bond acceptors (Lipinski definition) is 4. The second-order valence-corrected chi connectivity index (χ2v) is 5.88. The molecule has 1 aliphatic heterocycles. The molecule has 0 saturated heterocycles. The molecule has 104 valence electrons. The Morgan fingerprint density at radius 3 is 3.15 bits per heavy atom. The Morgan fingerprint density at radius 1 is 1.45 bits per heavy atom. The van der Waals surface area contributed by atoms with E-state index in [4.69, 9.17) is 0 Å². The number of quaternary nitrogens is 1. The zero-order chi connectivity index (χ0) is 13.9. The molecule has 3 heterocycles. The monoisotopic (exact) mass is 289 g/mol. The minimum atomic E-state index is -0.00762. The largest absolute Gasteiger partial charge is 0.346 e. The van der Waals surface area contributed by atoms with E-state index in [1.54, 1.807) is 23.7 Å². The second kappa shape index (κ2) is 5.68. The third-order valence-corrected chi connectivity index (χ3v) is 4.47. The lowest BCUT2D eigenvalue weighted by Crippen LogP contribution is -2.84. The summed E-state index contributed by atoms with van der Waals surface area (Å²) in [6.07, 6.45) is 4.39. The van der Waals surface area contributed by atoms with Crippen LogP contribution in [0.25, 0.3) is 0 Å². The van der Waals surface area contributed by atoms with Gasteiger partial charge in [-0.15, -0.1) is 11.3 Å². The van der Waals surface area contributed by atoms with Gasteiger partial charge in [-0.2, -0.15) is 0 Å². The summed E-state index contributed by atoms with van der Waals surface area (Å²) >= 11 is 1.68. The fraction of sp³-hybridized carbons (Fsp3) is 0.357. The van der Waals surface area contributed by atoms with E-state index in [9.17, 15) is 4.79 Å². The molecule has 1 aliphatic rings. The Balaban J connectivity index is 1.67. The normalized spacial score (nSPS) is 13.8. The van der Waals surface area contributed by atoms with Gasteiger partial charge in [0.05, 0.1) is 41.1 Å². The number of nitrogens with zero attached hydrogens (tertiary/aromatic N) is 2. The van der Waals surface area contributed by atoms with E-state index >= 15 is 0 Å². The fourth-order valence-corrected chi connectivity index (χ4v) is 3.39. The molecule has 2 aromatic rings. The lowest BCUT2D eigenvalue weighted by atomic mass is 10.0. The summed E-state index contributed by atoms with van der Waals surface area (Å²) in [5.74, 6) is -0.00762. The number of rotatable bonds is 3. The van der Waals surface area contributed by atoms with E-state index < -0.39 is 0 Å². The minimum Gasteiger partial charge on any atom is -0.346 e. The van der Waals surface area contributed by atoms with Gasteiger partial charge >= 0.3 is 0 Å². The van der Waals surface area contributed by atoms with Gasteiger partial charge in [-0.25, -0.2) is 0 Å².